The summed E-state index contributed by atoms with van der Waals surface area (Å²) in [7, 11) is 0. The number of fused-ring (bicyclic) bond motifs is 1. The van der Waals surface area contributed by atoms with E-state index in [0.29, 0.717) is 30.6 Å². The summed E-state index contributed by atoms with van der Waals surface area (Å²) in [6.07, 6.45) is 1.75. The number of ether oxygens (including phenoxy) is 2. The fraction of sp³-hybridized carbons (Fsp3) is 0.519. The van der Waals surface area contributed by atoms with Crippen LogP contribution in [0.2, 0.25) is 5.02 Å². The molecule has 0 bridgehead atoms. The number of benzene rings is 2. The van der Waals surface area contributed by atoms with E-state index in [-0.39, 0.29) is 41.7 Å². The molecule has 0 unspecified atom stereocenters. The third-order valence-electron chi connectivity index (χ3n) is 7.57. The smallest absolute Gasteiger partial charge is 0.226 e. The van der Waals surface area contributed by atoms with Gasteiger partial charge in [-0.25, -0.2) is 0 Å². The Morgan fingerprint density at radius 1 is 1.18 bits per heavy atom. The van der Waals surface area contributed by atoms with Crippen LogP contribution in [0.15, 0.2) is 42.5 Å². The molecule has 5 atom stereocenters. The first-order valence-electron chi connectivity index (χ1n) is 12.0. The molecular weight excluding hydrogens is 565 g/mol. The third kappa shape index (κ3) is 5.11. The van der Waals surface area contributed by atoms with Gasteiger partial charge in [0.2, 0.25) is 5.91 Å². The molecule has 1 amide bonds. The van der Waals surface area contributed by atoms with Crippen molar-refractivity contribution in [3.63, 3.8) is 0 Å². The Labute approximate surface area is 220 Å². The maximum absolute atomic E-state index is 13.0. The summed E-state index contributed by atoms with van der Waals surface area (Å²) >= 11 is 9.23. The lowest BCUT2D eigenvalue weighted by Crippen LogP contribution is -2.42. The Kier molecular flexibility index (Phi) is 8.44. The summed E-state index contributed by atoms with van der Waals surface area (Å²) in [5.41, 5.74) is 3.32. The van der Waals surface area contributed by atoms with Gasteiger partial charge < -0.3 is 19.9 Å². The van der Waals surface area contributed by atoms with Crippen LogP contribution in [0, 0.1) is 11.3 Å². The van der Waals surface area contributed by atoms with Crippen LogP contribution < -0.4 is 10.1 Å². The van der Waals surface area contributed by atoms with Crippen LogP contribution >= 0.6 is 34.2 Å². The highest BCUT2D eigenvalue weighted by molar-refractivity contribution is 14.1. The van der Waals surface area contributed by atoms with Crippen molar-refractivity contribution in [1.82, 2.24) is 5.32 Å². The van der Waals surface area contributed by atoms with E-state index >= 15 is 0 Å². The molecule has 0 aromatic heterocycles. The first kappa shape index (κ1) is 25.7. The Morgan fingerprint density at radius 3 is 2.62 bits per heavy atom. The minimum Gasteiger partial charge on any atom is -0.491 e. The minimum absolute atomic E-state index is 0.00362. The zero-order valence-electron chi connectivity index (χ0n) is 19.7. The molecule has 0 radical (unpaired) electrons. The maximum atomic E-state index is 13.0. The number of hydrogen-bond donors (Lipinski definition) is 2. The number of amides is 1. The van der Waals surface area contributed by atoms with Crippen molar-refractivity contribution in [3.8, 4) is 5.75 Å². The van der Waals surface area contributed by atoms with Crippen molar-refractivity contribution >= 4 is 40.1 Å². The number of alkyl halides is 1. The van der Waals surface area contributed by atoms with Gasteiger partial charge in [-0.05, 0) is 60.4 Å². The molecular formula is C27H33ClINO4. The molecule has 0 spiro atoms. The van der Waals surface area contributed by atoms with Gasteiger partial charge in [0.1, 0.15) is 12.4 Å². The number of hydrogen-bond acceptors (Lipinski definition) is 4. The average molecular weight is 598 g/mol. The van der Waals surface area contributed by atoms with E-state index in [0.717, 1.165) is 22.8 Å². The van der Waals surface area contributed by atoms with Gasteiger partial charge in [0.05, 0.1) is 25.2 Å². The molecule has 2 aromatic carbocycles. The van der Waals surface area contributed by atoms with Gasteiger partial charge in [-0.1, -0.05) is 71.4 Å². The van der Waals surface area contributed by atoms with E-state index in [9.17, 15) is 4.79 Å². The lowest BCUT2D eigenvalue weighted by molar-refractivity contribution is -0.129. The molecule has 1 aliphatic heterocycles. The number of carbonyl (C=O) groups excluding carboxylic acids is 1. The quantitative estimate of drug-likeness (QED) is 0.229. The molecule has 4 rings (SSSR count). The zero-order valence-corrected chi connectivity index (χ0v) is 22.6. The van der Waals surface area contributed by atoms with Crippen molar-refractivity contribution < 1.29 is 19.4 Å². The maximum Gasteiger partial charge on any atom is 0.226 e. The van der Waals surface area contributed by atoms with Crippen LogP contribution in [0.3, 0.4) is 0 Å². The highest BCUT2D eigenvalue weighted by Crippen LogP contribution is 2.59. The molecule has 1 saturated heterocycles. The van der Waals surface area contributed by atoms with Crippen molar-refractivity contribution in [2.75, 3.05) is 26.4 Å². The van der Waals surface area contributed by atoms with Crippen LogP contribution in [0.1, 0.15) is 55.2 Å². The van der Waals surface area contributed by atoms with Gasteiger partial charge in [-0.3, -0.25) is 4.79 Å². The predicted molar refractivity (Wildman–Crippen MR) is 143 cm³/mol. The average Bonchev–Trinajstić information content (AvgIpc) is 3.07. The van der Waals surface area contributed by atoms with Crippen molar-refractivity contribution in [2.45, 2.75) is 49.0 Å². The van der Waals surface area contributed by atoms with E-state index in [1.165, 1.54) is 11.1 Å². The molecule has 34 heavy (non-hydrogen) atoms. The Morgan fingerprint density at radius 2 is 1.94 bits per heavy atom. The monoisotopic (exact) mass is 597 g/mol. The van der Waals surface area contributed by atoms with Crippen molar-refractivity contribution in [1.29, 1.82) is 0 Å². The molecule has 1 aliphatic carbocycles. The Hall–Kier alpha value is -1.35. The third-order valence-corrected chi connectivity index (χ3v) is 8.78. The van der Waals surface area contributed by atoms with Crippen molar-refractivity contribution in [3.05, 3.63) is 64.2 Å². The predicted octanol–water partition coefficient (Wildman–Crippen LogP) is 5.46. The summed E-state index contributed by atoms with van der Waals surface area (Å²) in [5.74, 6) is 1.48. The van der Waals surface area contributed by atoms with Crippen molar-refractivity contribution in [2.24, 2.45) is 11.3 Å². The SMILES string of the molecule is C[C@H]1NC(=O)[C@]2(C)CC[C@@H](c3ccc(OCCOCCO)cc3Cl)[C@H](c3ccc(CI)cc3)[C@H]12. The number of aliphatic hydroxyl groups is 1. The summed E-state index contributed by atoms with van der Waals surface area (Å²) in [4.78, 5) is 13.0. The number of nitrogens with one attached hydrogen (secondary N) is 1. The van der Waals surface area contributed by atoms with E-state index in [1.54, 1.807) is 0 Å². The summed E-state index contributed by atoms with van der Waals surface area (Å²) < 4.78 is 12.0. The van der Waals surface area contributed by atoms with Crippen LogP contribution in [0.4, 0.5) is 0 Å². The normalized spacial score (nSPS) is 28.4. The molecule has 184 valence electrons. The number of aliphatic hydroxyl groups excluding tert-OH is 1. The molecule has 1 heterocycles. The van der Waals surface area contributed by atoms with Gasteiger partial charge in [-0.15, -0.1) is 0 Å². The Bertz CT molecular complexity index is 1000. The number of carbonyl (C=O) groups is 1. The summed E-state index contributed by atoms with van der Waals surface area (Å²) in [5, 5.41) is 12.7. The van der Waals surface area contributed by atoms with E-state index in [4.69, 9.17) is 26.2 Å². The Balaban J connectivity index is 1.63. The second-order valence-electron chi connectivity index (χ2n) is 9.62. The number of halogens is 2. The first-order chi connectivity index (χ1) is 16.4. The number of rotatable bonds is 9. The standard InChI is InChI=1S/C27H33ClINO4/c1-17-25-24(19-5-3-18(16-29)4-6-19)22(9-10-27(25,2)26(32)30-17)21-8-7-20(15-23(21)28)34-14-13-33-12-11-31/h3-8,15,17,22,24-25,31H,9-14,16H2,1-2H3,(H,30,32)/t17-,22+,24+,25+,27-/m1/s1. The van der Waals surface area contributed by atoms with Gasteiger partial charge in [0.15, 0.2) is 0 Å². The second kappa shape index (κ2) is 11.1. The molecule has 5 nitrogen and oxygen atoms in total. The second-order valence-corrected chi connectivity index (χ2v) is 10.8. The van der Waals surface area contributed by atoms with E-state index in [2.05, 4.69) is 72.1 Å². The zero-order chi connectivity index (χ0) is 24.3. The molecule has 1 saturated carbocycles. The van der Waals surface area contributed by atoms with Crippen LogP contribution in [0.25, 0.3) is 0 Å². The minimum atomic E-state index is -0.368. The van der Waals surface area contributed by atoms with E-state index < -0.39 is 0 Å². The van der Waals surface area contributed by atoms with Gasteiger partial charge >= 0.3 is 0 Å². The molecule has 7 heteroatoms. The fourth-order valence-corrected chi connectivity index (χ4v) is 6.76. The van der Waals surface area contributed by atoms with Crippen LogP contribution in [0.5, 0.6) is 5.75 Å². The highest BCUT2D eigenvalue weighted by atomic mass is 127. The highest BCUT2D eigenvalue weighted by Gasteiger charge is 2.57. The van der Waals surface area contributed by atoms with Crippen LogP contribution in [-0.4, -0.2) is 43.5 Å². The largest absolute Gasteiger partial charge is 0.491 e. The van der Waals surface area contributed by atoms with Crippen LogP contribution in [-0.2, 0) is 14.0 Å². The topological polar surface area (TPSA) is 67.8 Å². The molecule has 2 fully saturated rings. The van der Waals surface area contributed by atoms with Gasteiger partial charge in [0.25, 0.3) is 0 Å². The molecule has 2 aliphatic rings. The first-order valence-corrected chi connectivity index (χ1v) is 13.9. The lowest BCUT2D eigenvalue weighted by Gasteiger charge is -2.46. The van der Waals surface area contributed by atoms with Gasteiger partial charge in [0, 0.05) is 21.4 Å². The summed E-state index contributed by atoms with van der Waals surface area (Å²) in [6.45, 7) is 5.40. The lowest BCUT2D eigenvalue weighted by atomic mass is 9.56. The van der Waals surface area contributed by atoms with Gasteiger partial charge in [-0.2, -0.15) is 0 Å². The molecule has 2 aromatic rings. The fourth-order valence-electron chi connectivity index (χ4n) is 5.94. The molecule has 2 N–H and O–H groups in total. The van der Waals surface area contributed by atoms with E-state index in [1.807, 2.05) is 12.1 Å². The summed E-state index contributed by atoms with van der Waals surface area (Å²) in [6, 6.07) is 14.9.